The third-order valence-electron chi connectivity index (χ3n) is 10.1. The van der Waals surface area contributed by atoms with Gasteiger partial charge < -0.3 is 21.1 Å². The van der Waals surface area contributed by atoms with Crippen molar-refractivity contribution in [3.05, 3.63) is 92.7 Å². The average Bonchev–Trinajstić information content (AvgIpc) is 3.48. The minimum Gasteiger partial charge on any atom is -0.465 e. The lowest BCUT2D eigenvalue weighted by atomic mass is 9.71. The molecule has 1 saturated carbocycles. The number of methoxy groups -OCH3 is 1. The van der Waals surface area contributed by atoms with Gasteiger partial charge in [-0.2, -0.15) is 0 Å². The molecule has 5 atom stereocenters. The van der Waals surface area contributed by atoms with Crippen molar-refractivity contribution in [1.29, 1.82) is 0 Å². The van der Waals surface area contributed by atoms with Gasteiger partial charge in [-0.05, 0) is 72.2 Å². The molecule has 3 aromatic carbocycles. The lowest BCUT2D eigenvalue weighted by molar-refractivity contribution is -0.129. The van der Waals surface area contributed by atoms with Crippen LogP contribution in [0.1, 0.15) is 64.7 Å². The molecular weight excluding hydrogens is 590 g/mol. The Balaban J connectivity index is 1.36. The summed E-state index contributed by atoms with van der Waals surface area (Å²) >= 11 is 12.7. The highest BCUT2D eigenvalue weighted by molar-refractivity contribution is 6.31. The molecule has 0 bridgehead atoms. The molecule has 3 heterocycles. The SMILES string of the molecule is COC(=O)c1ccc(C2C[C@H]3[C@@H](N2)[C@H](c2cccc(Cl)c2F)[C@@]2(Cc4ccc(Cl)cc4NC2=O)N3CC2CCC2)c(N)c1. The molecule has 43 heavy (non-hydrogen) atoms. The van der Waals surface area contributed by atoms with Gasteiger partial charge in [0.05, 0.1) is 17.7 Å². The summed E-state index contributed by atoms with van der Waals surface area (Å²) < 4.78 is 20.9. The molecule has 1 spiro atoms. The minimum absolute atomic E-state index is 0.0298. The smallest absolute Gasteiger partial charge is 0.337 e. The summed E-state index contributed by atoms with van der Waals surface area (Å²) in [6, 6.07) is 15.3. The molecule has 0 radical (unpaired) electrons. The first-order valence-corrected chi connectivity index (χ1v) is 15.5. The summed E-state index contributed by atoms with van der Waals surface area (Å²) in [7, 11) is 1.34. The molecular formula is C33H33Cl2FN4O3. The van der Waals surface area contributed by atoms with Gasteiger partial charge in [-0.25, -0.2) is 9.18 Å². The second-order valence-electron chi connectivity index (χ2n) is 12.3. The maximum absolute atomic E-state index is 16.0. The fourth-order valence-electron chi connectivity index (χ4n) is 7.93. The van der Waals surface area contributed by atoms with Gasteiger partial charge in [-0.3, -0.25) is 9.69 Å². The van der Waals surface area contributed by atoms with E-state index in [0.29, 0.717) is 46.3 Å². The van der Waals surface area contributed by atoms with E-state index in [1.807, 2.05) is 18.2 Å². The van der Waals surface area contributed by atoms with Crippen molar-refractivity contribution in [1.82, 2.24) is 10.2 Å². The molecule has 0 aromatic heterocycles. The van der Waals surface area contributed by atoms with Crippen molar-refractivity contribution in [2.75, 3.05) is 24.7 Å². The number of rotatable bonds is 5. The van der Waals surface area contributed by atoms with E-state index in [0.717, 1.165) is 30.5 Å². The Bertz CT molecular complexity index is 1630. The fourth-order valence-corrected chi connectivity index (χ4v) is 8.28. The zero-order valence-corrected chi connectivity index (χ0v) is 25.2. The molecule has 1 unspecified atom stereocenters. The first kappa shape index (κ1) is 28.6. The molecule has 4 aliphatic rings. The third-order valence-corrected chi connectivity index (χ3v) is 10.7. The molecule has 1 aliphatic carbocycles. The molecule has 224 valence electrons. The van der Waals surface area contributed by atoms with Crippen molar-refractivity contribution in [3.8, 4) is 0 Å². The van der Waals surface area contributed by atoms with Crippen molar-refractivity contribution < 1.29 is 18.7 Å². The van der Waals surface area contributed by atoms with Gasteiger partial charge in [0.25, 0.3) is 0 Å². The average molecular weight is 624 g/mol. The van der Waals surface area contributed by atoms with Crippen LogP contribution >= 0.6 is 23.2 Å². The van der Waals surface area contributed by atoms with E-state index in [4.69, 9.17) is 33.7 Å². The van der Waals surface area contributed by atoms with E-state index in [1.165, 1.54) is 19.6 Å². The van der Waals surface area contributed by atoms with Crippen LogP contribution in [0.4, 0.5) is 15.8 Å². The largest absolute Gasteiger partial charge is 0.465 e. The molecule has 2 saturated heterocycles. The lowest BCUT2D eigenvalue weighted by Crippen LogP contribution is -2.62. The van der Waals surface area contributed by atoms with Crippen LogP contribution in [0.2, 0.25) is 10.0 Å². The topological polar surface area (TPSA) is 96.7 Å². The molecule has 1 amide bonds. The van der Waals surface area contributed by atoms with Crippen molar-refractivity contribution in [2.45, 2.75) is 61.7 Å². The summed E-state index contributed by atoms with van der Waals surface area (Å²) in [5.41, 5.74) is 9.24. The second-order valence-corrected chi connectivity index (χ2v) is 13.2. The summed E-state index contributed by atoms with van der Waals surface area (Å²) in [4.78, 5) is 29.0. The number of anilines is 2. The molecule has 3 aliphatic heterocycles. The van der Waals surface area contributed by atoms with Crippen molar-refractivity contribution >= 4 is 46.5 Å². The van der Waals surface area contributed by atoms with E-state index in [2.05, 4.69) is 15.5 Å². The van der Waals surface area contributed by atoms with Crippen LogP contribution in [0.25, 0.3) is 0 Å². The number of hydrogen-bond acceptors (Lipinski definition) is 6. The Morgan fingerprint density at radius 1 is 1.14 bits per heavy atom. The molecule has 4 N–H and O–H groups in total. The number of carbonyl (C=O) groups is 2. The Hall–Kier alpha value is -3.17. The zero-order valence-electron chi connectivity index (χ0n) is 23.7. The number of likely N-dealkylation sites (tertiary alicyclic amines) is 1. The normalized spacial score (nSPS) is 28.3. The summed E-state index contributed by atoms with van der Waals surface area (Å²) in [6.45, 7) is 0.737. The van der Waals surface area contributed by atoms with E-state index < -0.39 is 23.2 Å². The number of nitrogens with zero attached hydrogens (tertiary/aromatic N) is 1. The first-order valence-electron chi connectivity index (χ1n) is 14.8. The lowest BCUT2D eigenvalue weighted by Gasteiger charge is -2.48. The standard InChI is InChI=1S/C33H33Cl2FN4O3/c1-43-31(41)18-9-11-21(24(37)12-18)26-14-27-30(38-26)28(22-6-3-7-23(35)29(22)36)33(40(27)16-17-4-2-5-17)15-19-8-10-20(34)13-25(19)39-32(33)42/h3,6-13,17,26-28,30,38H,2,4-5,14-16,37H2,1H3,(H,39,42)/t26?,27-,28-,30+,33+/m0/s1. The number of halogens is 3. The Morgan fingerprint density at radius 3 is 2.67 bits per heavy atom. The number of nitrogen functional groups attached to an aromatic ring is 1. The second kappa shape index (κ2) is 10.8. The van der Waals surface area contributed by atoms with Crippen molar-refractivity contribution in [2.24, 2.45) is 5.92 Å². The Kier molecular flexibility index (Phi) is 7.16. The van der Waals surface area contributed by atoms with Gasteiger partial charge in [0.15, 0.2) is 0 Å². The van der Waals surface area contributed by atoms with E-state index in [9.17, 15) is 9.59 Å². The molecule has 7 nitrogen and oxygen atoms in total. The minimum atomic E-state index is -1.05. The van der Waals surface area contributed by atoms with Gasteiger partial charge in [0.1, 0.15) is 11.4 Å². The van der Waals surface area contributed by atoms with Crippen molar-refractivity contribution in [3.63, 3.8) is 0 Å². The number of esters is 1. The quantitative estimate of drug-likeness (QED) is 0.235. The molecule has 3 aromatic rings. The van der Waals surface area contributed by atoms with Crippen LogP contribution in [0.15, 0.2) is 54.6 Å². The van der Waals surface area contributed by atoms with Crippen LogP contribution < -0.4 is 16.4 Å². The summed E-state index contributed by atoms with van der Waals surface area (Å²) in [6.07, 6.45) is 4.47. The van der Waals surface area contributed by atoms with Gasteiger partial charge in [0.2, 0.25) is 5.91 Å². The van der Waals surface area contributed by atoms with E-state index in [1.54, 1.807) is 30.3 Å². The first-order chi connectivity index (χ1) is 20.7. The Morgan fingerprint density at radius 2 is 1.95 bits per heavy atom. The maximum atomic E-state index is 16.0. The maximum Gasteiger partial charge on any atom is 0.337 e. The highest BCUT2D eigenvalue weighted by atomic mass is 35.5. The highest BCUT2D eigenvalue weighted by Gasteiger charge is 2.66. The van der Waals surface area contributed by atoms with Crippen LogP contribution in [-0.2, 0) is 16.0 Å². The number of carbonyl (C=O) groups excluding carboxylic acids is 2. The zero-order chi connectivity index (χ0) is 30.0. The van der Waals surface area contributed by atoms with Crippen LogP contribution in [0, 0.1) is 11.7 Å². The molecule has 3 fully saturated rings. The fraction of sp³-hybridized carbons (Fsp3) is 0.394. The summed E-state index contributed by atoms with van der Waals surface area (Å²) in [5.74, 6) is -1.19. The van der Waals surface area contributed by atoms with Gasteiger partial charge in [-0.1, -0.05) is 53.9 Å². The third kappa shape index (κ3) is 4.53. The monoisotopic (exact) mass is 622 g/mol. The highest BCUT2D eigenvalue weighted by Crippen LogP contribution is 2.56. The van der Waals surface area contributed by atoms with E-state index in [-0.39, 0.29) is 29.1 Å². The van der Waals surface area contributed by atoms with Crippen LogP contribution in [0.3, 0.4) is 0 Å². The predicted octanol–water partition coefficient (Wildman–Crippen LogP) is 6.11. The Labute approximate surface area is 259 Å². The van der Waals surface area contributed by atoms with Gasteiger partial charge in [0, 0.05) is 53.4 Å². The molecule has 7 rings (SSSR count). The number of ether oxygens (including phenoxy) is 1. The number of fused-ring (bicyclic) bond motifs is 2. The molecule has 10 heteroatoms. The van der Waals surface area contributed by atoms with E-state index >= 15 is 4.39 Å². The van der Waals surface area contributed by atoms with Crippen LogP contribution in [0.5, 0.6) is 0 Å². The number of amides is 1. The number of benzene rings is 3. The number of nitrogens with two attached hydrogens (primary N) is 1. The van der Waals surface area contributed by atoms with Gasteiger partial charge in [-0.15, -0.1) is 0 Å². The van der Waals surface area contributed by atoms with Gasteiger partial charge >= 0.3 is 5.97 Å². The predicted molar refractivity (Wildman–Crippen MR) is 165 cm³/mol. The summed E-state index contributed by atoms with van der Waals surface area (Å²) in [5, 5.41) is 7.52. The van der Waals surface area contributed by atoms with Crippen LogP contribution in [-0.4, -0.2) is 48.1 Å². The number of hydrogen-bond donors (Lipinski definition) is 3. The number of nitrogens with one attached hydrogen (secondary N) is 2.